The predicted octanol–water partition coefficient (Wildman–Crippen LogP) is 3.45. The lowest BCUT2D eigenvalue weighted by atomic mass is 9.90. The molecule has 112 valence electrons. The van der Waals surface area contributed by atoms with Crippen LogP contribution >= 0.6 is 0 Å². The topological polar surface area (TPSA) is 38.8 Å². The Morgan fingerprint density at radius 2 is 2.11 bits per heavy atom. The maximum atomic E-state index is 11.8. The minimum Gasteiger partial charge on any atom is -0.450 e. The summed E-state index contributed by atoms with van der Waals surface area (Å²) in [6, 6.07) is 0. The normalized spacial score (nSPS) is 21.4. The van der Waals surface area contributed by atoms with Crippen molar-refractivity contribution < 1.29 is 14.3 Å². The highest BCUT2D eigenvalue weighted by atomic mass is 16.6. The largest absolute Gasteiger partial charge is 0.450 e. The molecule has 1 saturated heterocycles. The number of rotatable bonds is 7. The summed E-state index contributed by atoms with van der Waals surface area (Å²) in [6.07, 6.45) is 4.20. The number of carbonyl (C=O) groups excluding carboxylic acids is 1. The molecule has 4 heteroatoms. The molecule has 1 fully saturated rings. The first kappa shape index (κ1) is 16.3. The average Bonchev–Trinajstić information content (AvgIpc) is 2.69. The van der Waals surface area contributed by atoms with Crippen LogP contribution in [0.2, 0.25) is 0 Å². The number of amides is 1. The van der Waals surface area contributed by atoms with Gasteiger partial charge in [-0.25, -0.2) is 4.79 Å². The van der Waals surface area contributed by atoms with Gasteiger partial charge in [0.25, 0.3) is 0 Å². The van der Waals surface area contributed by atoms with E-state index in [-0.39, 0.29) is 17.6 Å². The van der Waals surface area contributed by atoms with E-state index in [1.807, 2.05) is 11.8 Å². The first-order valence-corrected chi connectivity index (χ1v) is 7.52. The first-order valence-electron chi connectivity index (χ1n) is 7.52. The summed E-state index contributed by atoms with van der Waals surface area (Å²) in [4.78, 5) is 13.7. The van der Waals surface area contributed by atoms with Gasteiger partial charge in [-0.1, -0.05) is 27.2 Å². The number of hydrogen-bond acceptors (Lipinski definition) is 3. The van der Waals surface area contributed by atoms with Gasteiger partial charge in [-0.15, -0.1) is 0 Å². The van der Waals surface area contributed by atoms with E-state index < -0.39 is 0 Å². The predicted molar refractivity (Wildman–Crippen MR) is 76.3 cm³/mol. The van der Waals surface area contributed by atoms with Crippen molar-refractivity contribution >= 4 is 6.09 Å². The van der Waals surface area contributed by atoms with Crippen LogP contribution in [0.5, 0.6) is 0 Å². The van der Waals surface area contributed by atoms with Gasteiger partial charge in [0.15, 0.2) is 0 Å². The van der Waals surface area contributed by atoms with E-state index >= 15 is 0 Å². The fourth-order valence-electron chi connectivity index (χ4n) is 2.42. The zero-order valence-corrected chi connectivity index (χ0v) is 12.9. The molecule has 0 aliphatic carbocycles. The van der Waals surface area contributed by atoms with Gasteiger partial charge in [0.2, 0.25) is 0 Å². The Hall–Kier alpha value is -0.770. The quantitative estimate of drug-likeness (QED) is 0.712. The van der Waals surface area contributed by atoms with E-state index in [1.165, 1.54) is 0 Å². The molecule has 0 saturated carbocycles. The maximum absolute atomic E-state index is 11.8. The van der Waals surface area contributed by atoms with E-state index in [2.05, 4.69) is 20.8 Å². The molecule has 1 aliphatic rings. The van der Waals surface area contributed by atoms with Gasteiger partial charge in [-0.3, -0.25) is 0 Å². The molecule has 1 atom stereocenters. The summed E-state index contributed by atoms with van der Waals surface area (Å²) >= 11 is 0. The molecule has 1 unspecified atom stereocenters. The maximum Gasteiger partial charge on any atom is 0.409 e. The van der Waals surface area contributed by atoms with E-state index in [0.717, 1.165) is 45.4 Å². The molecule has 0 N–H and O–H groups in total. The minimum atomic E-state index is -0.187. The van der Waals surface area contributed by atoms with Crippen molar-refractivity contribution in [3.05, 3.63) is 0 Å². The highest BCUT2D eigenvalue weighted by Gasteiger charge is 2.32. The minimum absolute atomic E-state index is 0.187. The number of nitrogens with zero attached hydrogens (tertiary/aromatic N) is 1. The summed E-state index contributed by atoms with van der Waals surface area (Å²) < 4.78 is 10.9. The number of unbranched alkanes of at least 4 members (excludes halogenated alkanes) is 1. The fourth-order valence-corrected chi connectivity index (χ4v) is 2.42. The van der Waals surface area contributed by atoms with Crippen LogP contribution in [0.15, 0.2) is 0 Å². The van der Waals surface area contributed by atoms with Gasteiger partial charge in [0.05, 0.1) is 19.3 Å². The van der Waals surface area contributed by atoms with Crippen molar-refractivity contribution in [2.24, 2.45) is 5.41 Å². The van der Waals surface area contributed by atoms with Crippen LogP contribution in [-0.4, -0.2) is 43.4 Å². The Labute approximate surface area is 117 Å². The Kier molecular flexibility index (Phi) is 6.63. The highest BCUT2D eigenvalue weighted by molar-refractivity contribution is 5.67. The number of ether oxygens (including phenoxy) is 2. The van der Waals surface area contributed by atoms with Crippen LogP contribution in [-0.2, 0) is 9.47 Å². The molecular formula is C15H29NO3. The third kappa shape index (κ3) is 5.81. The zero-order valence-electron chi connectivity index (χ0n) is 12.9. The Morgan fingerprint density at radius 1 is 1.37 bits per heavy atom. The molecule has 0 aromatic rings. The number of hydrogen-bond donors (Lipinski definition) is 0. The molecule has 1 amide bonds. The van der Waals surface area contributed by atoms with Crippen molar-refractivity contribution in [1.29, 1.82) is 0 Å². The molecule has 4 nitrogen and oxygen atoms in total. The van der Waals surface area contributed by atoms with Crippen LogP contribution in [0, 0.1) is 5.41 Å². The Morgan fingerprint density at radius 3 is 2.63 bits per heavy atom. The van der Waals surface area contributed by atoms with Crippen LogP contribution in [0.1, 0.15) is 53.4 Å². The van der Waals surface area contributed by atoms with Crippen molar-refractivity contribution in [3.8, 4) is 0 Å². The Balaban J connectivity index is 2.37. The standard InChI is InChI=1S/C15H29NO3/c1-5-7-9-16(14(17)18-6-2)10-8-13-11-15(3,4)12-19-13/h13H,5-12H2,1-4H3. The molecule has 0 aromatic heterocycles. The fraction of sp³-hybridized carbons (Fsp3) is 0.933. The van der Waals surface area contributed by atoms with Crippen molar-refractivity contribution in [1.82, 2.24) is 4.90 Å². The van der Waals surface area contributed by atoms with Gasteiger partial charge in [-0.2, -0.15) is 0 Å². The summed E-state index contributed by atoms with van der Waals surface area (Å²) in [5, 5.41) is 0. The van der Waals surface area contributed by atoms with Gasteiger partial charge < -0.3 is 14.4 Å². The second kappa shape index (κ2) is 7.73. The van der Waals surface area contributed by atoms with Crippen molar-refractivity contribution in [2.45, 2.75) is 59.5 Å². The summed E-state index contributed by atoms with van der Waals surface area (Å²) in [6.45, 7) is 11.2. The van der Waals surface area contributed by atoms with E-state index in [9.17, 15) is 4.79 Å². The first-order chi connectivity index (χ1) is 8.98. The Bertz CT molecular complexity index is 279. The molecule has 0 aromatic carbocycles. The molecule has 1 aliphatic heterocycles. The lowest BCUT2D eigenvalue weighted by Crippen LogP contribution is -2.35. The van der Waals surface area contributed by atoms with Crippen LogP contribution in [0.3, 0.4) is 0 Å². The average molecular weight is 271 g/mol. The van der Waals surface area contributed by atoms with Crippen LogP contribution < -0.4 is 0 Å². The monoisotopic (exact) mass is 271 g/mol. The summed E-state index contributed by atoms with van der Waals surface area (Å²) in [5.41, 5.74) is 0.281. The molecule has 0 radical (unpaired) electrons. The van der Waals surface area contributed by atoms with E-state index in [4.69, 9.17) is 9.47 Å². The third-order valence-corrected chi connectivity index (χ3v) is 3.52. The highest BCUT2D eigenvalue weighted by Crippen LogP contribution is 2.32. The molecule has 0 bridgehead atoms. The van der Waals surface area contributed by atoms with Gasteiger partial charge >= 0.3 is 6.09 Å². The van der Waals surface area contributed by atoms with E-state index in [1.54, 1.807) is 0 Å². The molecular weight excluding hydrogens is 242 g/mol. The molecule has 0 spiro atoms. The van der Waals surface area contributed by atoms with Crippen molar-refractivity contribution in [3.63, 3.8) is 0 Å². The van der Waals surface area contributed by atoms with Gasteiger partial charge in [-0.05, 0) is 31.6 Å². The number of carbonyl (C=O) groups is 1. The SMILES string of the molecule is CCCCN(CCC1CC(C)(C)CO1)C(=O)OCC. The molecule has 1 heterocycles. The third-order valence-electron chi connectivity index (χ3n) is 3.52. The second-order valence-corrected chi connectivity index (χ2v) is 6.13. The lowest BCUT2D eigenvalue weighted by Gasteiger charge is -2.23. The van der Waals surface area contributed by atoms with Gasteiger partial charge in [0, 0.05) is 13.1 Å². The lowest BCUT2D eigenvalue weighted by molar-refractivity contribution is 0.0743. The summed E-state index contributed by atoms with van der Waals surface area (Å²) in [7, 11) is 0. The van der Waals surface area contributed by atoms with Crippen LogP contribution in [0.25, 0.3) is 0 Å². The van der Waals surface area contributed by atoms with E-state index in [0.29, 0.717) is 6.61 Å². The molecule has 1 rings (SSSR count). The smallest absolute Gasteiger partial charge is 0.409 e. The van der Waals surface area contributed by atoms with Crippen LogP contribution in [0.4, 0.5) is 4.79 Å². The molecule has 19 heavy (non-hydrogen) atoms. The second-order valence-electron chi connectivity index (χ2n) is 6.13. The zero-order chi connectivity index (χ0) is 14.3. The van der Waals surface area contributed by atoms with Crippen molar-refractivity contribution in [2.75, 3.05) is 26.3 Å². The summed E-state index contributed by atoms with van der Waals surface area (Å²) in [5.74, 6) is 0. The van der Waals surface area contributed by atoms with Gasteiger partial charge in [0.1, 0.15) is 0 Å².